The number of nitrogens with one attached hydrogen (secondary N) is 1. The van der Waals surface area contributed by atoms with Gasteiger partial charge in [0.1, 0.15) is 0 Å². The number of benzene rings is 1. The van der Waals surface area contributed by atoms with Crippen molar-refractivity contribution < 1.29 is 14.3 Å². The summed E-state index contributed by atoms with van der Waals surface area (Å²) in [6.45, 7) is 9.97. The molecule has 0 spiro atoms. The fourth-order valence-corrected chi connectivity index (χ4v) is 7.17. The first-order valence-electron chi connectivity index (χ1n) is 13.1. The van der Waals surface area contributed by atoms with Gasteiger partial charge in [-0.15, -0.1) is 0 Å². The molecule has 3 unspecified atom stereocenters. The molecule has 1 N–H and O–H groups in total. The molecule has 0 radical (unpaired) electrons. The lowest BCUT2D eigenvalue weighted by Crippen LogP contribution is -2.55. The molecule has 4 rings (SSSR count). The predicted molar refractivity (Wildman–Crippen MR) is 138 cm³/mol. The Kier molecular flexibility index (Phi) is 7.17. The highest BCUT2D eigenvalue weighted by Gasteiger charge is 2.56. The van der Waals surface area contributed by atoms with Gasteiger partial charge in [-0.05, 0) is 85.0 Å². The van der Waals surface area contributed by atoms with E-state index in [1.807, 2.05) is 18.2 Å². The largest absolute Gasteiger partial charge is 0.493 e. The molecule has 0 aliphatic heterocycles. The lowest BCUT2D eigenvalue weighted by atomic mass is 9.46. The fourth-order valence-electron chi connectivity index (χ4n) is 7.17. The van der Waals surface area contributed by atoms with Crippen LogP contribution in [0.5, 0.6) is 11.5 Å². The van der Waals surface area contributed by atoms with Gasteiger partial charge in [0.2, 0.25) is 5.91 Å². The Morgan fingerprint density at radius 1 is 1.15 bits per heavy atom. The molecule has 0 bridgehead atoms. The van der Waals surface area contributed by atoms with E-state index in [0.29, 0.717) is 24.3 Å². The summed E-state index contributed by atoms with van der Waals surface area (Å²) in [5.74, 6) is 3.31. The van der Waals surface area contributed by atoms with Gasteiger partial charge in [0.15, 0.2) is 11.5 Å². The monoisotopic (exact) mass is 465 g/mol. The number of methoxy groups -OCH3 is 2. The van der Waals surface area contributed by atoms with E-state index in [2.05, 4.69) is 45.2 Å². The fraction of sp³-hybridized carbons (Fsp3) is 0.633. The van der Waals surface area contributed by atoms with Crippen molar-refractivity contribution in [1.29, 1.82) is 0 Å². The summed E-state index contributed by atoms with van der Waals surface area (Å²) in [4.78, 5) is 13.6. The molecular formula is C30H43NO3. The quantitative estimate of drug-likeness (QED) is 0.500. The van der Waals surface area contributed by atoms with Crippen LogP contribution in [-0.2, 0) is 11.2 Å². The summed E-state index contributed by atoms with van der Waals surface area (Å²) >= 11 is 0. The number of ether oxygens (including phenoxy) is 2. The van der Waals surface area contributed by atoms with Gasteiger partial charge in [0.25, 0.3) is 0 Å². The topological polar surface area (TPSA) is 47.6 Å². The van der Waals surface area contributed by atoms with Crippen molar-refractivity contribution >= 4 is 5.91 Å². The molecule has 4 heteroatoms. The standard InChI is InChI=1S/C30H43NO3/c1-20(2)22-9-11-24-23(19-22)10-13-27-29(24,3)15-7-16-30(27,4)28(32)31-17-14-21-8-12-25(33-5)26(18-21)34-6/h8,10,12,18-20,24,27H,7,9,11,13-17H2,1-6H3,(H,31,32)/t24?,27?,29-,30?/m1/s1. The van der Waals surface area contributed by atoms with Crippen molar-refractivity contribution in [3.8, 4) is 11.5 Å². The van der Waals surface area contributed by atoms with Crippen LogP contribution in [0.4, 0.5) is 0 Å². The zero-order chi connectivity index (χ0) is 24.5. The van der Waals surface area contributed by atoms with Gasteiger partial charge in [0.05, 0.1) is 19.6 Å². The summed E-state index contributed by atoms with van der Waals surface area (Å²) in [5.41, 5.74) is 4.17. The van der Waals surface area contributed by atoms with E-state index in [1.54, 1.807) is 25.4 Å². The first kappa shape index (κ1) is 24.9. The predicted octanol–water partition coefficient (Wildman–Crippen LogP) is 6.50. The zero-order valence-corrected chi connectivity index (χ0v) is 22.0. The molecule has 4 atom stereocenters. The lowest BCUT2D eigenvalue weighted by Gasteiger charge is -2.57. The van der Waals surface area contributed by atoms with Gasteiger partial charge in [0, 0.05) is 6.54 Å². The van der Waals surface area contributed by atoms with Gasteiger partial charge in [-0.1, -0.05) is 57.9 Å². The van der Waals surface area contributed by atoms with Crippen LogP contribution in [0.25, 0.3) is 0 Å². The van der Waals surface area contributed by atoms with Crippen LogP contribution in [0.3, 0.4) is 0 Å². The van der Waals surface area contributed by atoms with E-state index in [1.165, 1.54) is 19.3 Å². The van der Waals surface area contributed by atoms with E-state index >= 15 is 0 Å². The van der Waals surface area contributed by atoms with E-state index in [-0.39, 0.29) is 16.7 Å². The second-order valence-corrected chi connectivity index (χ2v) is 11.4. The molecular weight excluding hydrogens is 422 g/mol. The maximum atomic E-state index is 13.6. The van der Waals surface area contributed by atoms with Crippen LogP contribution >= 0.6 is 0 Å². The molecule has 3 aliphatic rings. The Balaban J connectivity index is 1.46. The van der Waals surface area contributed by atoms with Crippen molar-refractivity contribution in [3.05, 3.63) is 47.1 Å². The summed E-state index contributed by atoms with van der Waals surface area (Å²) in [7, 11) is 3.30. The molecule has 1 aromatic rings. The lowest BCUT2D eigenvalue weighted by molar-refractivity contribution is -0.144. The third-order valence-electron chi connectivity index (χ3n) is 9.25. The Morgan fingerprint density at radius 2 is 1.91 bits per heavy atom. The Morgan fingerprint density at radius 3 is 2.62 bits per heavy atom. The summed E-state index contributed by atoms with van der Waals surface area (Å²) in [6.07, 6.45) is 12.6. The van der Waals surface area contributed by atoms with Crippen LogP contribution in [0.2, 0.25) is 0 Å². The van der Waals surface area contributed by atoms with Crippen LogP contribution in [0.1, 0.15) is 71.8 Å². The number of amides is 1. The van der Waals surface area contributed by atoms with Gasteiger partial charge < -0.3 is 14.8 Å². The average Bonchev–Trinajstić information content (AvgIpc) is 2.83. The number of carbonyl (C=O) groups is 1. The molecule has 4 nitrogen and oxygen atoms in total. The van der Waals surface area contributed by atoms with Gasteiger partial charge in [-0.3, -0.25) is 4.79 Å². The Hall–Kier alpha value is -2.23. The minimum absolute atomic E-state index is 0.205. The normalized spacial score (nSPS) is 30.6. The molecule has 1 saturated carbocycles. The highest BCUT2D eigenvalue weighted by atomic mass is 16.5. The third-order valence-corrected chi connectivity index (χ3v) is 9.25. The van der Waals surface area contributed by atoms with E-state index in [9.17, 15) is 4.79 Å². The van der Waals surface area contributed by atoms with Gasteiger partial charge >= 0.3 is 0 Å². The van der Waals surface area contributed by atoms with Crippen molar-refractivity contribution in [3.63, 3.8) is 0 Å². The van der Waals surface area contributed by atoms with Crippen LogP contribution in [0, 0.1) is 28.6 Å². The molecule has 1 amide bonds. The third kappa shape index (κ3) is 4.41. The smallest absolute Gasteiger partial charge is 0.226 e. The Bertz CT molecular complexity index is 977. The maximum absolute atomic E-state index is 13.6. The van der Waals surface area contributed by atoms with Crippen LogP contribution < -0.4 is 14.8 Å². The first-order valence-corrected chi connectivity index (χ1v) is 13.1. The number of fused-ring (bicyclic) bond motifs is 3. The molecule has 0 heterocycles. The molecule has 0 saturated heterocycles. The second-order valence-electron chi connectivity index (χ2n) is 11.4. The average molecular weight is 466 g/mol. The second kappa shape index (κ2) is 9.79. The highest BCUT2D eigenvalue weighted by molar-refractivity contribution is 5.83. The number of hydrogen-bond acceptors (Lipinski definition) is 3. The number of hydrogen-bond donors (Lipinski definition) is 1. The molecule has 34 heavy (non-hydrogen) atoms. The van der Waals surface area contributed by atoms with Crippen molar-refractivity contribution in [1.82, 2.24) is 5.32 Å². The number of carbonyl (C=O) groups excluding carboxylic acids is 1. The molecule has 186 valence electrons. The summed E-state index contributed by atoms with van der Waals surface area (Å²) in [5, 5.41) is 3.31. The van der Waals surface area contributed by atoms with Crippen LogP contribution in [-0.4, -0.2) is 26.7 Å². The maximum Gasteiger partial charge on any atom is 0.226 e. The minimum atomic E-state index is -0.311. The SMILES string of the molecule is COc1ccc(CCNC(=O)C2(C)CCC[C@]3(C)C4CCC(C(C)C)=CC4=CCC23)cc1OC. The van der Waals surface area contributed by atoms with Crippen molar-refractivity contribution in [2.24, 2.45) is 28.6 Å². The van der Waals surface area contributed by atoms with Gasteiger partial charge in [-0.2, -0.15) is 0 Å². The van der Waals surface area contributed by atoms with Crippen LogP contribution in [0.15, 0.2) is 41.5 Å². The van der Waals surface area contributed by atoms with E-state index in [0.717, 1.165) is 42.7 Å². The Labute approximate surface area is 206 Å². The molecule has 1 aromatic carbocycles. The minimum Gasteiger partial charge on any atom is -0.493 e. The number of allylic oxidation sites excluding steroid dienone is 4. The van der Waals surface area contributed by atoms with Crippen molar-refractivity contribution in [2.75, 3.05) is 20.8 Å². The number of rotatable bonds is 7. The molecule has 3 aliphatic carbocycles. The van der Waals surface area contributed by atoms with Crippen molar-refractivity contribution in [2.45, 2.75) is 72.6 Å². The molecule has 1 fully saturated rings. The highest BCUT2D eigenvalue weighted by Crippen LogP contribution is 2.62. The van der Waals surface area contributed by atoms with E-state index in [4.69, 9.17) is 9.47 Å². The van der Waals surface area contributed by atoms with Gasteiger partial charge in [-0.25, -0.2) is 0 Å². The summed E-state index contributed by atoms with van der Waals surface area (Å²) in [6, 6.07) is 5.97. The first-order chi connectivity index (χ1) is 16.2. The zero-order valence-electron chi connectivity index (χ0n) is 22.0. The summed E-state index contributed by atoms with van der Waals surface area (Å²) < 4.78 is 10.8. The molecule has 0 aromatic heterocycles. The van der Waals surface area contributed by atoms with E-state index < -0.39 is 0 Å².